The number of halogens is 1. The van der Waals surface area contributed by atoms with Gasteiger partial charge in [-0.1, -0.05) is 31.2 Å². The quantitative estimate of drug-likeness (QED) is 0.453. The maximum Gasteiger partial charge on any atom is 0.243 e. The van der Waals surface area contributed by atoms with Crippen molar-refractivity contribution in [1.82, 2.24) is 10.2 Å². The molecule has 9 heteroatoms. The van der Waals surface area contributed by atoms with Gasteiger partial charge in [-0.3, -0.25) is 13.9 Å². The van der Waals surface area contributed by atoms with Crippen molar-refractivity contribution in [3.63, 3.8) is 0 Å². The lowest BCUT2D eigenvalue weighted by Gasteiger charge is -2.31. The predicted octanol–water partition coefficient (Wildman–Crippen LogP) is 4.32. The summed E-state index contributed by atoms with van der Waals surface area (Å²) in [4.78, 5) is 27.8. The van der Waals surface area contributed by atoms with Gasteiger partial charge in [-0.15, -0.1) is 0 Å². The van der Waals surface area contributed by atoms with Crippen LogP contribution in [-0.4, -0.2) is 50.0 Å². The number of aryl methyl sites for hydroxylation is 2. The third-order valence-electron chi connectivity index (χ3n) is 5.87. The molecule has 0 saturated heterocycles. The summed E-state index contributed by atoms with van der Waals surface area (Å²) in [7, 11) is -3.57. The summed E-state index contributed by atoms with van der Waals surface area (Å²) in [6.45, 7) is 9.56. The average Bonchev–Trinajstić information content (AvgIpc) is 2.78. The first-order chi connectivity index (χ1) is 16.8. The van der Waals surface area contributed by atoms with Gasteiger partial charge in [0.2, 0.25) is 21.8 Å². The number of carbonyl (C=O) groups excluding carboxylic acids is 2. The average molecular weight is 520 g/mol. The van der Waals surface area contributed by atoms with Crippen molar-refractivity contribution in [2.45, 2.75) is 72.5 Å². The highest BCUT2D eigenvalue weighted by molar-refractivity contribution is 7.92. The number of benzene rings is 2. The maximum absolute atomic E-state index is 13.4. The van der Waals surface area contributed by atoms with Crippen molar-refractivity contribution in [2.24, 2.45) is 0 Å². The van der Waals surface area contributed by atoms with Crippen molar-refractivity contribution in [1.29, 1.82) is 0 Å². The van der Waals surface area contributed by atoms with Crippen molar-refractivity contribution in [2.75, 3.05) is 17.1 Å². The highest BCUT2D eigenvalue weighted by atomic mass is 32.2. The van der Waals surface area contributed by atoms with Crippen molar-refractivity contribution >= 4 is 27.5 Å². The lowest BCUT2D eigenvalue weighted by atomic mass is 10.1. The molecule has 2 rings (SSSR count). The van der Waals surface area contributed by atoms with Gasteiger partial charge in [-0.2, -0.15) is 0 Å². The van der Waals surface area contributed by atoms with Crippen molar-refractivity contribution in [3.05, 3.63) is 65.0 Å². The Labute approximate surface area is 214 Å². The number of carbonyl (C=O) groups is 2. The molecular formula is C27H38FN3O4S. The molecule has 36 heavy (non-hydrogen) atoms. The molecule has 2 aromatic rings. The van der Waals surface area contributed by atoms with E-state index in [2.05, 4.69) is 5.32 Å². The van der Waals surface area contributed by atoms with Crippen LogP contribution in [0.1, 0.15) is 56.7 Å². The van der Waals surface area contributed by atoms with E-state index < -0.39 is 16.1 Å². The molecule has 198 valence electrons. The van der Waals surface area contributed by atoms with E-state index in [1.165, 1.54) is 21.3 Å². The number of nitrogens with one attached hydrogen (secondary N) is 1. The van der Waals surface area contributed by atoms with Crippen molar-refractivity contribution in [3.8, 4) is 0 Å². The minimum atomic E-state index is -3.57. The third-order valence-corrected chi connectivity index (χ3v) is 7.05. The SMILES string of the molecule is CC[C@@H](C(=O)NC(C)C)N(Cc1ccc(F)cc1)C(=O)CCCN(c1cc(C)ccc1C)S(C)(=O)=O. The number of hydrogen-bond acceptors (Lipinski definition) is 4. The number of sulfonamides is 1. The van der Waals surface area contributed by atoms with Crippen LogP contribution in [0.15, 0.2) is 42.5 Å². The number of anilines is 1. The normalized spacial score (nSPS) is 12.3. The first-order valence-electron chi connectivity index (χ1n) is 12.2. The monoisotopic (exact) mass is 519 g/mol. The Morgan fingerprint density at radius 1 is 1.06 bits per heavy atom. The molecule has 0 heterocycles. The first kappa shape index (κ1) is 29.3. The van der Waals surface area contributed by atoms with Crippen LogP contribution in [0.3, 0.4) is 0 Å². The topological polar surface area (TPSA) is 86.8 Å². The van der Waals surface area contributed by atoms with Gasteiger partial charge in [-0.05, 0) is 75.4 Å². The zero-order valence-corrected chi connectivity index (χ0v) is 22.9. The van der Waals surface area contributed by atoms with E-state index in [0.29, 0.717) is 17.7 Å². The second kappa shape index (κ2) is 12.9. The van der Waals surface area contributed by atoms with E-state index in [0.717, 1.165) is 17.4 Å². The van der Waals surface area contributed by atoms with Crippen LogP contribution < -0.4 is 9.62 Å². The summed E-state index contributed by atoms with van der Waals surface area (Å²) in [5.74, 6) is -0.899. The molecule has 0 aliphatic carbocycles. The lowest BCUT2D eigenvalue weighted by molar-refractivity contribution is -0.141. The van der Waals surface area contributed by atoms with E-state index in [1.54, 1.807) is 12.1 Å². The lowest BCUT2D eigenvalue weighted by Crippen LogP contribution is -2.50. The predicted molar refractivity (Wildman–Crippen MR) is 142 cm³/mol. The van der Waals surface area contributed by atoms with E-state index in [1.807, 2.05) is 52.8 Å². The van der Waals surface area contributed by atoms with Gasteiger partial charge in [-0.25, -0.2) is 12.8 Å². The van der Waals surface area contributed by atoms with Crippen LogP contribution >= 0.6 is 0 Å². The molecule has 0 aliphatic heterocycles. The molecule has 0 radical (unpaired) electrons. The number of rotatable bonds is 12. The molecule has 2 aromatic carbocycles. The molecule has 2 amide bonds. The van der Waals surface area contributed by atoms with E-state index >= 15 is 0 Å². The molecule has 0 fully saturated rings. The van der Waals surface area contributed by atoms with Crippen LogP contribution in [0.25, 0.3) is 0 Å². The molecule has 1 atom stereocenters. The van der Waals surface area contributed by atoms with Gasteiger partial charge in [0.1, 0.15) is 11.9 Å². The summed E-state index contributed by atoms with van der Waals surface area (Å²) in [5.41, 5.74) is 3.06. The molecule has 0 bridgehead atoms. The molecule has 0 aliphatic rings. The van der Waals surface area contributed by atoms with E-state index in [9.17, 15) is 22.4 Å². The Kier molecular flexibility index (Phi) is 10.5. The first-order valence-corrected chi connectivity index (χ1v) is 14.1. The second-order valence-corrected chi connectivity index (χ2v) is 11.4. The molecule has 0 aromatic heterocycles. The van der Waals surface area contributed by atoms with Gasteiger partial charge in [0.05, 0.1) is 11.9 Å². The van der Waals surface area contributed by atoms with Gasteiger partial charge < -0.3 is 10.2 Å². The Hall–Kier alpha value is -2.94. The Bertz CT molecular complexity index is 1150. The van der Waals surface area contributed by atoms with Crippen LogP contribution in [0.2, 0.25) is 0 Å². The Morgan fingerprint density at radius 2 is 1.69 bits per heavy atom. The fourth-order valence-electron chi connectivity index (χ4n) is 4.06. The Balaban J connectivity index is 2.24. The van der Waals surface area contributed by atoms with Crippen LogP contribution in [-0.2, 0) is 26.2 Å². The second-order valence-electron chi connectivity index (χ2n) is 9.46. The van der Waals surface area contributed by atoms with Gasteiger partial charge in [0, 0.05) is 25.6 Å². The maximum atomic E-state index is 13.4. The molecule has 0 unspecified atom stereocenters. The zero-order valence-electron chi connectivity index (χ0n) is 22.0. The van der Waals surface area contributed by atoms with Gasteiger partial charge in [0.25, 0.3) is 0 Å². The van der Waals surface area contributed by atoms with Crippen LogP contribution in [0.4, 0.5) is 10.1 Å². The summed E-state index contributed by atoms with van der Waals surface area (Å²) >= 11 is 0. The number of amides is 2. The zero-order chi connectivity index (χ0) is 27.0. The van der Waals surface area contributed by atoms with E-state index in [4.69, 9.17) is 0 Å². The number of nitrogens with zero attached hydrogens (tertiary/aromatic N) is 2. The fraction of sp³-hybridized carbons (Fsp3) is 0.481. The molecule has 1 N–H and O–H groups in total. The van der Waals surface area contributed by atoms with Crippen molar-refractivity contribution < 1.29 is 22.4 Å². The summed E-state index contributed by atoms with van der Waals surface area (Å²) < 4.78 is 39.9. The minimum Gasteiger partial charge on any atom is -0.352 e. The summed E-state index contributed by atoms with van der Waals surface area (Å²) in [5, 5.41) is 2.87. The van der Waals surface area contributed by atoms with Crippen LogP contribution in [0, 0.1) is 19.7 Å². The smallest absolute Gasteiger partial charge is 0.243 e. The molecular weight excluding hydrogens is 481 g/mol. The van der Waals surface area contributed by atoms with Gasteiger partial charge >= 0.3 is 0 Å². The molecule has 0 saturated carbocycles. The summed E-state index contributed by atoms with van der Waals surface area (Å²) in [6, 6.07) is 10.7. The Morgan fingerprint density at radius 3 is 2.25 bits per heavy atom. The molecule has 7 nitrogen and oxygen atoms in total. The van der Waals surface area contributed by atoms with E-state index in [-0.39, 0.29) is 49.6 Å². The highest BCUT2D eigenvalue weighted by Crippen LogP contribution is 2.25. The highest BCUT2D eigenvalue weighted by Gasteiger charge is 2.29. The third kappa shape index (κ3) is 8.33. The number of hydrogen-bond donors (Lipinski definition) is 1. The standard InChI is InChI=1S/C27H38FN3O4S/c1-7-24(27(33)29-19(2)3)30(18-22-12-14-23(28)15-13-22)26(32)9-8-16-31(36(6,34)35)25-17-20(4)10-11-21(25)5/h10-15,17,19,24H,7-9,16,18H2,1-6H3,(H,29,33)/t24-/m0/s1. The van der Waals surface area contributed by atoms with Gasteiger partial charge in [0.15, 0.2) is 0 Å². The van der Waals surface area contributed by atoms with Crippen LogP contribution in [0.5, 0.6) is 0 Å². The summed E-state index contributed by atoms with van der Waals surface area (Å²) in [6.07, 6.45) is 1.90. The largest absolute Gasteiger partial charge is 0.352 e. The minimum absolute atomic E-state index is 0.0591. The molecule has 0 spiro atoms. The fourth-order valence-corrected chi connectivity index (χ4v) is 5.07.